The van der Waals surface area contributed by atoms with Crippen LogP contribution >= 0.6 is 0 Å². The van der Waals surface area contributed by atoms with Crippen molar-refractivity contribution in [2.75, 3.05) is 20.3 Å². The fraction of sp³-hybridized carbons (Fsp3) is 0.294. The Bertz CT molecular complexity index is 658. The van der Waals surface area contributed by atoms with Gasteiger partial charge in [0.15, 0.2) is 0 Å². The first-order valence-electron chi connectivity index (χ1n) is 7.25. The van der Waals surface area contributed by atoms with E-state index in [4.69, 9.17) is 4.74 Å². The second kappa shape index (κ2) is 6.58. The van der Waals surface area contributed by atoms with E-state index in [1.54, 1.807) is 12.4 Å². The quantitative estimate of drug-likeness (QED) is 0.946. The van der Waals surface area contributed by atoms with Gasteiger partial charge in [0.2, 0.25) is 0 Å². The molecule has 1 aliphatic heterocycles. The van der Waals surface area contributed by atoms with Crippen molar-refractivity contribution in [2.24, 2.45) is 0 Å². The molecule has 1 amide bonds. The fourth-order valence-corrected chi connectivity index (χ4v) is 2.80. The van der Waals surface area contributed by atoms with Crippen molar-refractivity contribution < 1.29 is 14.3 Å². The highest BCUT2D eigenvalue weighted by Crippen LogP contribution is 2.34. The molecule has 2 aromatic rings. The van der Waals surface area contributed by atoms with E-state index in [1.807, 2.05) is 18.2 Å². The van der Waals surface area contributed by atoms with Crippen LogP contribution in [0.1, 0.15) is 17.2 Å². The molecule has 3 rings (SSSR count). The van der Waals surface area contributed by atoms with E-state index in [1.165, 1.54) is 18.2 Å². The van der Waals surface area contributed by atoms with E-state index in [9.17, 15) is 4.79 Å². The predicted octanol–water partition coefficient (Wildman–Crippen LogP) is 2.72. The zero-order chi connectivity index (χ0) is 15.4. The molecule has 0 radical (unpaired) electrons. The molecule has 5 heteroatoms. The van der Waals surface area contributed by atoms with Crippen molar-refractivity contribution in [3.05, 3.63) is 53.9 Å². The molecule has 114 valence electrons. The summed E-state index contributed by atoms with van der Waals surface area (Å²) in [5.74, 6) is 0. The Morgan fingerprint density at radius 3 is 2.95 bits per heavy atom. The van der Waals surface area contributed by atoms with E-state index in [-0.39, 0.29) is 6.10 Å². The highest BCUT2D eigenvalue weighted by atomic mass is 16.5. The van der Waals surface area contributed by atoms with Gasteiger partial charge in [-0.05, 0) is 40.8 Å². The number of carbonyl (C=O) groups is 1. The van der Waals surface area contributed by atoms with Crippen LogP contribution < -0.4 is 5.32 Å². The normalized spacial score (nSPS) is 16.7. The summed E-state index contributed by atoms with van der Waals surface area (Å²) in [5, 5.41) is 2.71. The Morgan fingerprint density at radius 2 is 2.18 bits per heavy atom. The fourth-order valence-electron chi connectivity index (χ4n) is 2.80. The van der Waals surface area contributed by atoms with E-state index < -0.39 is 6.09 Å². The van der Waals surface area contributed by atoms with Gasteiger partial charge in [-0.3, -0.25) is 4.98 Å². The smallest absolute Gasteiger partial charge is 0.406 e. The first-order valence-corrected chi connectivity index (χ1v) is 7.25. The molecule has 1 unspecified atom stereocenters. The standard InChI is InChI=1S/C17H18N2O3/c1-21-17(20)19-11-16-15-4-2-3-13(14(15)7-10-22-16)12-5-8-18-9-6-12/h2-6,8-9,16H,7,10-11H2,1H3,(H,19,20). The monoisotopic (exact) mass is 298 g/mol. The maximum atomic E-state index is 11.3. The largest absolute Gasteiger partial charge is 0.453 e. The van der Waals surface area contributed by atoms with Gasteiger partial charge in [0, 0.05) is 12.4 Å². The van der Waals surface area contributed by atoms with Crippen LogP contribution in [0.2, 0.25) is 0 Å². The van der Waals surface area contributed by atoms with E-state index >= 15 is 0 Å². The Kier molecular flexibility index (Phi) is 4.34. The van der Waals surface area contributed by atoms with Crippen LogP contribution in [-0.2, 0) is 15.9 Å². The van der Waals surface area contributed by atoms with Gasteiger partial charge in [-0.15, -0.1) is 0 Å². The van der Waals surface area contributed by atoms with E-state index in [2.05, 4.69) is 27.2 Å². The number of methoxy groups -OCH3 is 1. The summed E-state index contributed by atoms with van der Waals surface area (Å²) in [7, 11) is 1.35. The molecule has 0 spiro atoms. The molecule has 2 heterocycles. The van der Waals surface area contributed by atoms with Crippen molar-refractivity contribution in [1.82, 2.24) is 10.3 Å². The van der Waals surface area contributed by atoms with Crippen LogP contribution in [-0.4, -0.2) is 31.3 Å². The minimum atomic E-state index is -0.444. The van der Waals surface area contributed by atoms with Gasteiger partial charge in [0.05, 0.1) is 20.3 Å². The number of carbonyl (C=O) groups excluding carboxylic acids is 1. The van der Waals surface area contributed by atoms with Crippen LogP contribution in [0, 0.1) is 0 Å². The van der Waals surface area contributed by atoms with Gasteiger partial charge in [-0.25, -0.2) is 4.79 Å². The number of amides is 1. The summed E-state index contributed by atoms with van der Waals surface area (Å²) in [6.45, 7) is 1.04. The zero-order valence-electron chi connectivity index (χ0n) is 12.4. The first kappa shape index (κ1) is 14.5. The van der Waals surface area contributed by atoms with Gasteiger partial charge >= 0.3 is 6.09 Å². The summed E-state index contributed by atoms with van der Waals surface area (Å²) < 4.78 is 10.4. The number of ether oxygens (including phenoxy) is 2. The van der Waals surface area contributed by atoms with Crippen LogP contribution in [0.3, 0.4) is 0 Å². The zero-order valence-corrected chi connectivity index (χ0v) is 12.4. The Hall–Kier alpha value is -2.40. The second-order valence-corrected chi connectivity index (χ2v) is 5.09. The van der Waals surface area contributed by atoms with Crippen molar-refractivity contribution in [1.29, 1.82) is 0 Å². The van der Waals surface area contributed by atoms with Crippen molar-refractivity contribution in [3.8, 4) is 11.1 Å². The molecule has 0 bridgehead atoms. The molecule has 0 fully saturated rings. The number of pyridine rings is 1. The summed E-state index contributed by atoms with van der Waals surface area (Å²) >= 11 is 0. The lowest BCUT2D eigenvalue weighted by atomic mass is 9.90. The predicted molar refractivity (Wildman–Crippen MR) is 82.5 cm³/mol. The summed E-state index contributed by atoms with van der Waals surface area (Å²) in [6.07, 6.45) is 3.86. The molecule has 1 aromatic heterocycles. The minimum absolute atomic E-state index is 0.148. The Balaban J connectivity index is 1.90. The molecule has 0 saturated heterocycles. The molecular formula is C17H18N2O3. The summed E-state index contributed by atoms with van der Waals surface area (Å²) in [4.78, 5) is 15.3. The average molecular weight is 298 g/mol. The number of hydrogen-bond acceptors (Lipinski definition) is 4. The molecule has 0 saturated carbocycles. The Labute approximate surface area is 129 Å². The van der Waals surface area contributed by atoms with Gasteiger partial charge in [0.1, 0.15) is 6.10 Å². The third-order valence-electron chi connectivity index (χ3n) is 3.84. The summed E-state index contributed by atoms with van der Waals surface area (Å²) in [6, 6.07) is 10.2. The van der Waals surface area contributed by atoms with Crippen molar-refractivity contribution in [3.63, 3.8) is 0 Å². The molecule has 5 nitrogen and oxygen atoms in total. The second-order valence-electron chi connectivity index (χ2n) is 5.09. The number of aromatic nitrogens is 1. The number of fused-ring (bicyclic) bond motifs is 1. The lowest BCUT2D eigenvalue weighted by Crippen LogP contribution is -2.31. The molecule has 0 aliphatic carbocycles. The maximum absolute atomic E-state index is 11.3. The molecular weight excluding hydrogens is 280 g/mol. The number of alkyl carbamates (subject to hydrolysis) is 1. The third-order valence-corrected chi connectivity index (χ3v) is 3.84. The SMILES string of the molecule is COC(=O)NCC1OCCc2c(-c3ccncc3)cccc21. The minimum Gasteiger partial charge on any atom is -0.453 e. The van der Waals surface area contributed by atoms with Crippen molar-refractivity contribution in [2.45, 2.75) is 12.5 Å². The molecule has 1 atom stereocenters. The number of nitrogens with one attached hydrogen (secondary N) is 1. The van der Waals surface area contributed by atoms with E-state index in [0.29, 0.717) is 13.2 Å². The lowest BCUT2D eigenvalue weighted by molar-refractivity contribution is 0.0421. The highest BCUT2D eigenvalue weighted by Gasteiger charge is 2.23. The Morgan fingerprint density at radius 1 is 1.36 bits per heavy atom. The maximum Gasteiger partial charge on any atom is 0.406 e. The number of rotatable bonds is 3. The van der Waals surface area contributed by atoms with Crippen LogP contribution in [0.15, 0.2) is 42.7 Å². The lowest BCUT2D eigenvalue weighted by Gasteiger charge is -2.28. The molecule has 22 heavy (non-hydrogen) atoms. The number of nitrogens with zero attached hydrogens (tertiary/aromatic N) is 1. The van der Waals surface area contributed by atoms with Crippen LogP contribution in [0.5, 0.6) is 0 Å². The number of hydrogen-bond donors (Lipinski definition) is 1. The van der Waals surface area contributed by atoms with Gasteiger partial charge < -0.3 is 14.8 Å². The van der Waals surface area contributed by atoms with Crippen LogP contribution in [0.25, 0.3) is 11.1 Å². The van der Waals surface area contributed by atoms with E-state index in [0.717, 1.165) is 17.5 Å². The van der Waals surface area contributed by atoms with Gasteiger partial charge in [0.25, 0.3) is 0 Å². The van der Waals surface area contributed by atoms with Gasteiger partial charge in [-0.1, -0.05) is 18.2 Å². The highest BCUT2D eigenvalue weighted by molar-refractivity contribution is 5.69. The topological polar surface area (TPSA) is 60.5 Å². The third kappa shape index (κ3) is 2.94. The molecule has 1 aromatic carbocycles. The van der Waals surface area contributed by atoms with Gasteiger partial charge in [-0.2, -0.15) is 0 Å². The summed E-state index contributed by atoms with van der Waals surface area (Å²) in [5.41, 5.74) is 4.74. The van der Waals surface area contributed by atoms with Crippen LogP contribution in [0.4, 0.5) is 4.79 Å². The first-order chi connectivity index (χ1) is 10.8. The number of benzene rings is 1. The molecule has 1 N–H and O–H groups in total. The average Bonchev–Trinajstić information content (AvgIpc) is 2.59. The molecule has 1 aliphatic rings. The van der Waals surface area contributed by atoms with Crippen molar-refractivity contribution >= 4 is 6.09 Å².